The van der Waals surface area contributed by atoms with Crippen LogP contribution in [-0.2, 0) is 21.1 Å². The molecule has 3 nitrogen and oxygen atoms in total. The van der Waals surface area contributed by atoms with Crippen LogP contribution < -0.4 is 0 Å². The summed E-state index contributed by atoms with van der Waals surface area (Å²) in [6.45, 7) is 3.26. The second-order valence-corrected chi connectivity index (χ2v) is 6.70. The Labute approximate surface area is 100 Å². The molecule has 0 fully saturated rings. The molecule has 1 aromatic carbocycles. The average molecular weight is 261 g/mol. The van der Waals surface area contributed by atoms with E-state index in [1.54, 1.807) is 26.0 Å². The molecule has 88 valence electrons. The van der Waals surface area contributed by atoms with Gasteiger partial charge in [-0.05, 0) is 43.1 Å². The molecule has 0 bridgehead atoms. The molecule has 0 heterocycles. The third-order valence-electron chi connectivity index (χ3n) is 2.22. The van der Waals surface area contributed by atoms with Crippen LogP contribution in [0.2, 0.25) is 0 Å². The van der Waals surface area contributed by atoms with E-state index < -0.39 is 20.3 Å². The van der Waals surface area contributed by atoms with Crippen molar-refractivity contribution in [1.29, 1.82) is 0 Å². The first-order valence-electron chi connectivity index (χ1n) is 4.85. The lowest BCUT2D eigenvalue weighted by Gasteiger charge is -2.07. The van der Waals surface area contributed by atoms with E-state index in [9.17, 15) is 13.2 Å². The van der Waals surface area contributed by atoms with Crippen molar-refractivity contribution in [3.63, 3.8) is 0 Å². The van der Waals surface area contributed by atoms with Gasteiger partial charge in [0, 0.05) is 6.42 Å². The maximum Gasteiger partial charge on any atom is 0.226 e. The summed E-state index contributed by atoms with van der Waals surface area (Å²) in [6, 6.07) is 6.22. The lowest BCUT2D eigenvalue weighted by Crippen LogP contribution is -2.13. The Balaban J connectivity index is 3.00. The number of sulfone groups is 1. The minimum absolute atomic E-state index is 0.115. The zero-order chi connectivity index (χ0) is 12.3. The molecular formula is C11H13ClO3S. The van der Waals surface area contributed by atoms with Gasteiger partial charge in [0.2, 0.25) is 5.24 Å². The van der Waals surface area contributed by atoms with Gasteiger partial charge in [-0.3, -0.25) is 4.79 Å². The summed E-state index contributed by atoms with van der Waals surface area (Å²) in [5.74, 6) is 0. The third-order valence-corrected chi connectivity index (χ3v) is 4.52. The fraction of sp³-hybridized carbons (Fsp3) is 0.364. The van der Waals surface area contributed by atoms with Gasteiger partial charge in [-0.25, -0.2) is 8.42 Å². The SMILES string of the molecule is CC(C)S(=O)(=O)c1ccc(CC(=O)Cl)cc1. The maximum atomic E-state index is 11.8. The van der Waals surface area contributed by atoms with Crippen LogP contribution in [0.3, 0.4) is 0 Å². The van der Waals surface area contributed by atoms with Gasteiger partial charge in [-0.15, -0.1) is 0 Å². The standard InChI is InChI=1S/C11H13ClO3S/c1-8(2)16(14,15)10-5-3-9(4-6-10)7-11(12)13/h3-6,8H,7H2,1-2H3. The smallest absolute Gasteiger partial charge is 0.226 e. The van der Waals surface area contributed by atoms with Gasteiger partial charge in [-0.2, -0.15) is 0 Å². The first kappa shape index (κ1) is 13.2. The van der Waals surface area contributed by atoms with Gasteiger partial charge in [0.25, 0.3) is 0 Å². The third kappa shape index (κ3) is 3.06. The van der Waals surface area contributed by atoms with Crippen molar-refractivity contribution >= 4 is 26.7 Å². The Bertz CT molecular complexity index is 474. The quantitative estimate of drug-likeness (QED) is 0.780. The van der Waals surface area contributed by atoms with Crippen molar-refractivity contribution < 1.29 is 13.2 Å². The summed E-state index contributed by atoms with van der Waals surface area (Å²) in [4.78, 5) is 10.9. The molecule has 16 heavy (non-hydrogen) atoms. The fourth-order valence-corrected chi connectivity index (χ4v) is 2.44. The first-order chi connectivity index (χ1) is 7.34. The Hall–Kier alpha value is -0.870. The zero-order valence-corrected chi connectivity index (χ0v) is 10.7. The van der Waals surface area contributed by atoms with E-state index in [0.29, 0.717) is 5.56 Å². The van der Waals surface area contributed by atoms with Gasteiger partial charge in [-0.1, -0.05) is 12.1 Å². The summed E-state index contributed by atoms with van der Waals surface area (Å²) in [5, 5.41) is -0.910. The fourth-order valence-electron chi connectivity index (χ4n) is 1.23. The van der Waals surface area contributed by atoms with E-state index >= 15 is 0 Å². The Morgan fingerprint density at radius 2 is 1.75 bits per heavy atom. The predicted molar refractivity (Wildman–Crippen MR) is 63.3 cm³/mol. The Morgan fingerprint density at radius 3 is 2.12 bits per heavy atom. The molecule has 0 spiro atoms. The van der Waals surface area contributed by atoms with Gasteiger partial charge in [0.05, 0.1) is 10.1 Å². The van der Waals surface area contributed by atoms with Crippen molar-refractivity contribution in [3.8, 4) is 0 Å². The van der Waals surface area contributed by atoms with E-state index in [2.05, 4.69) is 0 Å². The predicted octanol–water partition coefficient (Wildman–Crippen LogP) is 2.18. The second kappa shape index (κ2) is 4.97. The van der Waals surface area contributed by atoms with Crippen molar-refractivity contribution in [2.75, 3.05) is 0 Å². The average Bonchev–Trinajstić information content (AvgIpc) is 2.17. The molecule has 0 amide bonds. The highest BCUT2D eigenvalue weighted by atomic mass is 35.5. The highest BCUT2D eigenvalue weighted by Crippen LogP contribution is 2.16. The van der Waals surface area contributed by atoms with E-state index in [4.69, 9.17) is 11.6 Å². The first-order valence-corrected chi connectivity index (χ1v) is 6.77. The largest absolute Gasteiger partial charge is 0.281 e. The van der Waals surface area contributed by atoms with E-state index in [1.165, 1.54) is 12.1 Å². The van der Waals surface area contributed by atoms with Crippen LogP contribution in [0.5, 0.6) is 0 Å². The molecule has 5 heteroatoms. The van der Waals surface area contributed by atoms with Crippen molar-refractivity contribution in [3.05, 3.63) is 29.8 Å². The number of benzene rings is 1. The van der Waals surface area contributed by atoms with Crippen LogP contribution in [0.15, 0.2) is 29.2 Å². The number of hydrogen-bond acceptors (Lipinski definition) is 3. The number of rotatable bonds is 4. The van der Waals surface area contributed by atoms with Crippen LogP contribution in [0.25, 0.3) is 0 Å². The molecule has 1 rings (SSSR count). The van der Waals surface area contributed by atoms with Crippen LogP contribution in [0.4, 0.5) is 0 Å². The summed E-state index contributed by atoms with van der Waals surface area (Å²) in [7, 11) is -3.24. The van der Waals surface area contributed by atoms with Crippen LogP contribution >= 0.6 is 11.6 Å². The monoisotopic (exact) mass is 260 g/mol. The molecule has 0 aromatic heterocycles. The highest BCUT2D eigenvalue weighted by Gasteiger charge is 2.18. The zero-order valence-electron chi connectivity index (χ0n) is 9.10. The second-order valence-electron chi connectivity index (χ2n) is 3.77. The van der Waals surface area contributed by atoms with Crippen LogP contribution in [0.1, 0.15) is 19.4 Å². The Morgan fingerprint density at radius 1 is 1.25 bits per heavy atom. The number of hydrogen-bond donors (Lipinski definition) is 0. The van der Waals surface area contributed by atoms with Crippen molar-refractivity contribution in [2.45, 2.75) is 30.4 Å². The van der Waals surface area contributed by atoms with E-state index in [1.807, 2.05) is 0 Å². The minimum atomic E-state index is -3.24. The van der Waals surface area contributed by atoms with Crippen molar-refractivity contribution in [1.82, 2.24) is 0 Å². The molecule has 0 aliphatic carbocycles. The summed E-state index contributed by atoms with van der Waals surface area (Å²) in [5.41, 5.74) is 0.711. The molecular weight excluding hydrogens is 248 g/mol. The van der Waals surface area contributed by atoms with Gasteiger partial charge >= 0.3 is 0 Å². The number of carbonyl (C=O) groups is 1. The molecule has 0 aliphatic rings. The van der Waals surface area contributed by atoms with E-state index in [-0.39, 0.29) is 11.3 Å². The molecule has 0 N–H and O–H groups in total. The molecule has 0 saturated heterocycles. The summed E-state index contributed by atoms with van der Waals surface area (Å²) in [6.07, 6.45) is 0.115. The summed E-state index contributed by atoms with van der Waals surface area (Å²) >= 11 is 5.24. The lowest BCUT2D eigenvalue weighted by atomic mass is 10.2. The number of halogens is 1. The topological polar surface area (TPSA) is 51.2 Å². The minimum Gasteiger partial charge on any atom is -0.281 e. The molecule has 0 unspecified atom stereocenters. The van der Waals surface area contributed by atoms with E-state index in [0.717, 1.165) is 0 Å². The van der Waals surface area contributed by atoms with Gasteiger partial charge in [0.15, 0.2) is 9.84 Å². The Kier molecular flexibility index (Phi) is 4.10. The number of carbonyl (C=O) groups excluding carboxylic acids is 1. The molecule has 0 aliphatic heterocycles. The summed E-state index contributed by atoms with van der Waals surface area (Å²) < 4.78 is 23.5. The normalized spacial score (nSPS) is 11.8. The maximum absolute atomic E-state index is 11.8. The molecule has 0 radical (unpaired) electrons. The lowest BCUT2D eigenvalue weighted by molar-refractivity contribution is -0.111. The molecule has 0 atom stereocenters. The van der Waals surface area contributed by atoms with Crippen LogP contribution in [0, 0.1) is 0 Å². The van der Waals surface area contributed by atoms with Crippen LogP contribution in [-0.4, -0.2) is 18.9 Å². The molecule has 1 aromatic rings. The molecule has 0 saturated carbocycles. The van der Waals surface area contributed by atoms with Gasteiger partial charge < -0.3 is 0 Å². The van der Waals surface area contributed by atoms with Crippen molar-refractivity contribution in [2.24, 2.45) is 0 Å². The van der Waals surface area contributed by atoms with Gasteiger partial charge in [0.1, 0.15) is 0 Å². The highest BCUT2D eigenvalue weighted by molar-refractivity contribution is 7.92.